The number of nitrogens with zero attached hydrogens (tertiary/aromatic N) is 1. The summed E-state index contributed by atoms with van der Waals surface area (Å²) in [6.45, 7) is 0.0643. The van der Waals surface area contributed by atoms with Gasteiger partial charge in [-0.1, -0.05) is 11.1 Å². The highest BCUT2D eigenvalue weighted by atomic mass is 16.5. The van der Waals surface area contributed by atoms with Crippen molar-refractivity contribution in [3.8, 4) is 18.1 Å². The SMILES string of the molecule is C#CCOc1ccc2c(=O)ccoc2c1C=NO. The molecule has 0 radical (unpaired) electrons. The van der Waals surface area contributed by atoms with Crippen LogP contribution in [0.3, 0.4) is 0 Å². The van der Waals surface area contributed by atoms with Gasteiger partial charge in [0.1, 0.15) is 17.9 Å². The van der Waals surface area contributed by atoms with E-state index in [0.29, 0.717) is 16.7 Å². The first kappa shape index (κ1) is 11.7. The van der Waals surface area contributed by atoms with Crippen LogP contribution in [0.2, 0.25) is 0 Å². The Kier molecular flexibility index (Phi) is 3.30. The Morgan fingerprint density at radius 1 is 1.50 bits per heavy atom. The zero-order valence-electron chi connectivity index (χ0n) is 9.29. The number of rotatable bonds is 3. The van der Waals surface area contributed by atoms with Crippen LogP contribution in [0.5, 0.6) is 5.75 Å². The summed E-state index contributed by atoms with van der Waals surface area (Å²) in [7, 11) is 0. The Hall–Kier alpha value is -2.74. The fraction of sp³-hybridized carbons (Fsp3) is 0.0769. The minimum atomic E-state index is -0.188. The van der Waals surface area contributed by atoms with E-state index in [1.807, 2.05) is 0 Å². The van der Waals surface area contributed by atoms with Crippen LogP contribution in [0.15, 0.2) is 38.8 Å². The van der Waals surface area contributed by atoms with Crippen molar-refractivity contribution in [3.05, 3.63) is 40.2 Å². The summed E-state index contributed by atoms with van der Waals surface area (Å²) < 4.78 is 10.5. The highest BCUT2D eigenvalue weighted by molar-refractivity contribution is 5.99. The van der Waals surface area contributed by atoms with Crippen LogP contribution in [0.1, 0.15) is 5.56 Å². The molecule has 1 aromatic carbocycles. The molecule has 0 aliphatic heterocycles. The normalized spacial score (nSPS) is 10.6. The van der Waals surface area contributed by atoms with E-state index >= 15 is 0 Å². The van der Waals surface area contributed by atoms with Gasteiger partial charge in [0.25, 0.3) is 0 Å². The van der Waals surface area contributed by atoms with Crippen molar-refractivity contribution in [2.24, 2.45) is 5.16 Å². The minimum absolute atomic E-state index is 0.0643. The molecule has 0 unspecified atom stereocenters. The number of oxime groups is 1. The first-order valence-corrected chi connectivity index (χ1v) is 5.06. The van der Waals surface area contributed by atoms with Crippen LogP contribution < -0.4 is 10.2 Å². The second kappa shape index (κ2) is 5.06. The Balaban J connectivity index is 2.71. The van der Waals surface area contributed by atoms with E-state index in [0.717, 1.165) is 6.21 Å². The van der Waals surface area contributed by atoms with E-state index in [1.165, 1.54) is 12.3 Å². The zero-order chi connectivity index (χ0) is 13.0. The molecule has 5 heteroatoms. The van der Waals surface area contributed by atoms with Gasteiger partial charge < -0.3 is 14.4 Å². The van der Waals surface area contributed by atoms with Crippen molar-refractivity contribution in [3.63, 3.8) is 0 Å². The Labute approximate surface area is 102 Å². The smallest absolute Gasteiger partial charge is 0.192 e. The minimum Gasteiger partial charge on any atom is -0.480 e. The van der Waals surface area contributed by atoms with Crippen molar-refractivity contribution < 1.29 is 14.4 Å². The van der Waals surface area contributed by atoms with E-state index in [4.69, 9.17) is 20.8 Å². The molecular weight excluding hydrogens is 234 g/mol. The molecule has 1 heterocycles. The quantitative estimate of drug-likeness (QED) is 0.385. The van der Waals surface area contributed by atoms with Gasteiger partial charge in [-0.25, -0.2) is 0 Å². The number of ether oxygens (including phenoxy) is 1. The molecule has 0 saturated heterocycles. The van der Waals surface area contributed by atoms with Gasteiger partial charge in [-0.05, 0) is 12.1 Å². The summed E-state index contributed by atoms with van der Waals surface area (Å²) in [5.41, 5.74) is 0.463. The molecular formula is C13H9NO4. The first-order chi connectivity index (χ1) is 8.77. The van der Waals surface area contributed by atoms with Crippen molar-refractivity contribution in [1.29, 1.82) is 0 Å². The molecule has 5 nitrogen and oxygen atoms in total. The maximum absolute atomic E-state index is 11.6. The Bertz CT molecular complexity index is 694. The molecule has 0 bridgehead atoms. The van der Waals surface area contributed by atoms with Gasteiger partial charge in [0.05, 0.1) is 23.4 Å². The lowest BCUT2D eigenvalue weighted by Gasteiger charge is -2.07. The molecule has 0 aliphatic carbocycles. The van der Waals surface area contributed by atoms with E-state index in [9.17, 15) is 4.79 Å². The van der Waals surface area contributed by atoms with Gasteiger partial charge in [-0.2, -0.15) is 0 Å². The van der Waals surface area contributed by atoms with Crippen molar-refractivity contribution in [2.75, 3.05) is 6.61 Å². The summed E-state index contributed by atoms with van der Waals surface area (Å²) in [4.78, 5) is 11.6. The van der Waals surface area contributed by atoms with Crippen molar-refractivity contribution in [2.45, 2.75) is 0 Å². The van der Waals surface area contributed by atoms with Crippen LogP contribution in [0, 0.1) is 12.3 Å². The molecule has 1 aromatic heterocycles. The molecule has 90 valence electrons. The van der Waals surface area contributed by atoms with Crippen LogP contribution in [0.25, 0.3) is 11.0 Å². The molecule has 0 aliphatic rings. The molecule has 0 atom stereocenters. The molecule has 2 aromatic rings. The summed E-state index contributed by atoms with van der Waals surface area (Å²) in [6.07, 6.45) is 7.51. The number of hydrogen-bond donors (Lipinski definition) is 1. The highest BCUT2D eigenvalue weighted by Gasteiger charge is 2.11. The Morgan fingerprint density at radius 2 is 2.33 bits per heavy atom. The largest absolute Gasteiger partial charge is 0.480 e. The van der Waals surface area contributed by atoms with E-state index in [2.05, 4.69) is 11.1 Å². The molecule has 2 rings (SSSR count). The van der Waals surface area contributed by atoms with Gasteiger partial charge >= 0.3 is 0 Å². The fourth-order valence-corrected chi connectivity index (χ4v) is 1.58. The topological polar surface area (TPSA) is 72.0 Å². The summed E-state index contributed by atoms with van der Waals surface area (Å²) in [6, 6.07) is 4.46. The number of fused-ring (bicyclic) bond motifs is 1. The Morgan fingerprint density at radius 3 is 3.06 bits per heavy atom. The monoisotopic (exact) mass is 243 g/mol. The molecule has 0 fully saturated rings. The third-order valence-electron chi connectivity index (χ3n) is 2.32. The zero-order valence-corrected chi connectivity index (χ0v) is 9.29. The highest BCUT2D eigenvalue weighted by Crippen LogP contribution is 2.24. The van der Waals surface area contributed by atoms with Gasteiger partial charge in [-0.15, -0.1) is 6.42 Å². The molecule has 0 saturated carbocycles. The molecule has 1 N–H and O–H groups in total. The van der Waals surface area contributed by atoms with Crippen LogP contribution in [0.4, 0.5) is 0 Å². The van der Waals surface area contributed by atoms with Gasteiger partial charge in [0, 0.05) is 6.07 Å². The van der Waals surface area contributed by atoms with Crippen LogP contribution in [-0.2, 0) is 0 Å². The summed E-state index contributed by atoms with van der Waals surface area (Å²) in [5.74, 6) is 2.71. The lowest BCUT2D eigenvalue weighted by Crippen LogP contribution is -2.03. The lowest BCUT2D eigenvalue weighted by atomic mass is 10.1. The van der Waals surface area contributed by atoms with Gasteiger partial charge in [0.15, 0.2) is 5.43 Å². The maximum atomic E-state index is 11.6. The van der Waals surface area contributed by atoms with E-state index in [1.54, 1.807) is 12.1 Å². The van der Waals surface area contributed by atoms with Crippen LogP contribution >= 0.6 is 0 Å². The maximum Gasteiger partial charge on any atom is 0.192 e. The molecule has 0 amide bonds. The van der Waals surface area contributed by atoms with E-state index < -0.39 is 0 Å². The average molecular weight is 243 g/mol. The average Bonchev–Trinajstić information content (AvgIpc) is 2.38. The number of benzene rings is 1. The third kappa shape index (κ3) is 2.04. The van der Waals surface area contributed by atoms with E-state index in [-0.39, 0.29) is 17.6 Å². The van der Waals surface area contributed by atoms with Crippen molar-refractivity contribution >= 4 is 17.2 Å². The van der Waals surface area contributed by atoms with Gasteiger partial charge in [-0.3, -0.25) is 4.79 Å². The summed E-state index contributed by atoms with van der Waals surface area (Å²) in [5, 5.41) is 12.0. The molecule has 18 heavy (non-hydrogen) atoms. The molecule has 0 spiro atoms. The second-order valence-electron chi connectivity index (χ2n) is 3.38. The number of hydrogen-bond acceptors (Lipinski definition) is 5. The number of terminal acetylenes is 1. The first-order valence-electron chi connectivity index (χ1n) is 5.06. The van der Waals surface area contributed by atoms with Gasteiger partial charge in [0.2, 0.25) is 0 Å². The second-order valence-corrected chi connectivity index (χ2v) is 3.38. The lowest BCUT2D eigenvalue weighted by molar-refractivity contribution is 0.321. The summed E-state index contributed by atoms with van der Waals surface area (Å²) >= 11 is 0. The standard InChI is InChI=1S/C13H9NO4/c1-2-6-17-12-4-3-9-11(15)5-7-18-13(9)10(12)8-14-16/h1,3-5,7-8,16H,6H2. The van der Waals surface area contributed by atoms with Crippen LogP contribution in [-0.4, -0.2) is 18.0 Å². The fourth-order valence-electron chi connectivity index (χ4n) is 1.58. The predicted molar refractivity (Wildman–Crippen MR) is 66.2 cm³/mol. The van der Waals surface area contributed by atoms with Crippen molar-refractivity contribution in [1.82, 2.24) is 0 Å². The third-order valence-corrected chi connectivity index (χ3v) is 2.32. The predicted octanol–water partition coefficient (Wildman–Crippen LogP) is 1.61.